The number of hydrogen-bond acceptors (Lipinski definition) is 4. The quantitative estimate of drug-likeness (QED) is 0.662. The number of hydrogen-bond donors (Lipinski definition) is 2. The minimum Gasteiger partial charge on any atom is -0.507 e. The van der Waals surface area contributed by atoms with E-state index < -0.39 is 0 Å². The number of phenols is 2. The molecule has 0 bridgehead atoms. The smallest absolute Gasteiger partial charge is 0.127 e. The van der Waals surface area contributed by atoms with E-state index in [1.807, 2.05) is 58.5 Å². The van der Waals surface area contributed by atoms with Gasteiger partial charge in [-0.05, 0) is 56.5 Å². The molecule has 3 aromatic carbocycles. The van der Waals surface area contributed by atoms with Gasteiger partial charge in [-0.25, -0.2) is 0 Å². The molecular formula is C24H28N2O2. The summed E-state index contributed by atoms with van der Waals surface area (Å²) in [6.07, 6.45) is 0. The first-order valence-corrected chi connectivity index (χ1v) is 9.37. The second-order valence-corrected chi connectivity index (χ2v) is 7.76. The number of rotatable bonds is 6. The Kier molecular flexibility index (Phi) is 6.02. The molecule has 0 fully saturated rings. The molecule has 146 valence electrons. The van der Waals surface area contributed by atoms with E-state index in [4.69, 9.17) is 0 Å². The predicted molar refractivity (Wildman–Crippen MR) is 115 cm³/mol. The van der Waals surface area contributed by atoms with Gasteiger partial charge in [-0.3, -0.25) is 0 Å². The Morgan fingerprint density at radius 2 is 0.929 bits per heavy atom. The standard InChI is InChI=1S/C24H28N2O2/c1-25(2)15-17-5-9-19(10-6-17)21-13-22(24(28)14-23(21)27)20-11-7-18(8-12-20)16-26(3)4/h5-14,27-28H,15-16H2,1-4H3. The first kappa shape index (κ1) is 19.9. The van der Waals surface area contributed by atoms with Crippen LogP contribution < -0.4 is 0 Å². The summed E-state index contributed by atoms with van der Waals surface area (Å²) in [5.74, 6) is 0.150. The lowest BCUT2D eigenvalue weighted by Gasteiger charge is -2.14. The number of aromatic hydroxyl groups is 2. The van der Waals surface area contributed by atoms with Gasteiger partial charge in [-0.2, -0.15) is 0 Å². The molecule has 2 N–H and O–H groups in total. The molecule has 28 heavy (non-hydrogen) atoms. The maximum atomic E-state index is 10.4. The molecule has 0 unspecified atom stereocenters. The van der Waals surface area contributed by atoms with Crippen molar-refractivity contribution in [2.24, 2.45) is 0 Å². The maximum Gasteiger partial charge on any atom is 0.127 e. The van der Waals surface area contributed by atoms with Crippen LogP contribution in [0.2, 0.25) is 0 Å². The average Bonchev–Trinajstić information content (AvgIpc) is 2.63. The molecule has 4 heteroatoms. The fourth-order valence-corrected chi connectivity index (χ4v) is 3.35. The molecule has 0 atom stereocenters. The van der Waals surface area contributed by atoms with Crippen LogP contribution in [0, 0.1) is 0 Å². The van der Waals surface area contributed by atoms with Crippen LogP contribution in [0.3, 0.4) is 0 Å². The van der Waals surface area contributed by atoms with Crippen molar-refractivity contribution in [2.75, 3.05) is 28.2 Å². The van der Waals surface area contributed by atoms with Gasteiger partial charge in [-0.15, -0.1) is 0 Å². The summed E-state index contributed by atoms with van der Waals surface area (Å²) in [5.41, 5.74) is 5.69. The van der Waals surface area contributed by atoms with Crippen molar-refractivity contribution in [1.82, 2.24) is 9.80 Å². The molecule has 0 saturated carbocycles. The summed E-state index contributed by atoms with van der Waals surface area (Å²) in [6.45, 7) is 1.73. The van der Waals surface area contributed by atoms with E-state index in [1.54, 1.807) is 0 Å². The van der Waals surface area contributed by atoms with Gasteiger partial charge < -0.3 is 20.0 Å². The Hall–Kier alpha value is -2.82. The van der Waals surface area contributed by atoms with Crippen molar-refractivity contribution in [3.63, 3.8) is 0 Å². The Bertz CT molecular complexity index is 855. The molecule has 0 amide bonds. The van der Waals surface area contributed by atoms with Gasteiger partial charge in [0.05, 0.1) is 0 Å². The lowest BCUT2D eigenvalue weighted by atomic mass is 9.96. The van der Waals surface area contributed by atoms with E-state index in [0.717, 1.165) is 24.2 Å². The fourth-order valence-electron chi connectivity index (χ4n) is 3.35. The zero-order valence-electron chi connectivity index (χ0n) is 17.0. The van der Waals surface area contributed by atoms with Gasteiger partial charge in [0.2, 0.25) is 0 Å². The molecule has 0 aromatic heterocycles. The van der Waals surface area contributed by atoms with E-state index in [-0.39, 0.29) is 11.5 Å². The first-order valence-electron chi connectivity index (χ1n) is 9.37. The normalized spacial score (nSPS) is 11.4. The van der Waals surface area contributed by atoms with Crippen LogP contribution in [-0.4, -0.2) is 48.2 Å². The van der Waals surface area contributed by atoms with Crippen LogP contribution in [0.4, 0.5) is 0 Å². The van der Waals surface area contributed by atoms with Crippen molar-refractivity contribution in [3.05, 3.63) is 71.8 Å². The third kappa shape index (κ3) is 4.71. The second-order valence-electron chi connectivity index (χ2n) is 7.76. The van der Waals surface area contributed by atoms with Gasteiger partial charge in [0.25, 0.3) is 0 Å². The topological polar surface area (TPSA) is 46.9 Å². The zero-order valence-corrected chi connectivity index (χ0v) is 17.0. The monoisotopic (exact) mass is 376 g/mol. The summed E-state index contributed by atoms with van der Waals surface area (Å²) in [7, 11) is 8.15. The van der Waals surface area contributed by atoms with E-state index in [1.165, 1.54) is 17.2 Å². The molecule has 0 radical (unpaired) electrons. The number of benzene rings is 3. The predicted octanol–water partition coefficient (Wildman–Crippen LogP) is 4.56. The Balaban J connectivity index is 1.94. The summed E-state index contributed by atoms with van der Waals surface area (Å²) in [4.78, 5) is 4.23. The van der Waals surface area contributed by atoms with Crippen LogP contribution in [0.25, 0.3) is 22.3 Å². The van der Waals surface area contributed by atoms with Gasteiger partial charge >= 0.3 is 0 Å². The second kappa shape index (κ2) is 8.46. The molecule has 0 aliphatic carbocycles. The van der Waals surface area contributed by atoms with Crippen molar-refractivity contribution >= 4 is 0 Å². The molecule has 4 nitrogen and oxygen atoms in total. The SMILES string of the molecule is CN(C)Cc1ccc(-c2cc(-c3ccc(CN(C)C)cc3)c(O)cc2O)cc1. The van der Waals surface area contributed by atoms with Crippen LogP contribution >= 0.6 is 0 Å². The van der Waals surface area contributed by atoms with E-state index in [9.17, 15) is 10.2 Å². The third-order valence-electron chi connectivity index (χ3n) is 4.64. The largest absolute Gasteiger partial charge is 0.507 e. The van der Waals surface area contributed by atoms with Crippen molar-refractivity contribution in [3.8, 4) is 33.8 Å². The fraction of sp³-hybridized carbons (Fsp3) is 0.250. The van der Waals surface area contributed by atoms with Gasteiger partial charge in [0.1, 0.15) is 11.5 Å². The van der Waals surface area contributed by atoms with Gasteiger partial charge in [0, 0.05) is 30.3 Å². The minimum atomic E-state index is 0.0748. The summed E-state index contributed by atoms with van der Waals surface area (Å²) in [5, 5.41) is 20.8. The molecule has 0 aliphatic heterocycles. The average molecular weight is 377 g/mol. The summed E-state index contributed by atoms with van der Waals surface area (Å²) < 4.78 is 0. The van der Waals surface area contributed by atoms with Gasteiger partial charge in [0.15, 0.2) is 0 Å². The van der Waals surface area contributed by atoms with Crippen LogP contribution in [0.15, 0.2) is 60.7 Å². The molecule has 0 heterocycles. The highest BCUT2D eigenvalue weighted by molar-refractivity contribution is 5.81. The molecule has 3 aromatic rings. The summed E-state index contributed by atoms with van der Waals surface area (Å²) >= 11 is 0. The van der Waals surface area contributed by atoms with Crippen molar-refractivity contribution in [1.29, 1.82) is 0 Å². The van der Waals surface area contributed by atoms with Crippen LogP contribution in [-0.2, 0) is 13.1 Å². The lowest BCUT2D eigenvalue weighted by Crippen LogP contribution is -2.10. The molecule has 0 saturated heterocycles. The van der Waals surface area contributed by atoms with E-state index in [2.05, 4.69) is 34.1 Å². The number of phenolic OH excluding ortho intramolecular Hbond substituents is 2. The lowest BCUT2D eigenvalue weighted by molar-refractivity contribution is 0.402. The molecule has 0 spiro atoms. The van der Waals surface area contributed by atoms with Crippen molar-refractivity contribution < 1.29 is 10.2 Å². The number of nitrogens with zero attached hydrogens (tertiary/aromatic N) is 2. The zero-order chi connectivity index (χ0) is 20.3. The van der Waals surface area contributed by atoms with E-state index in [0.29, 0.717) is 11.1 Å². The third-order valence-corrected chi connectivity index (χ3v) is 4.64. The highest BCUT2D eigenvalue weighted by atomic mass is 16.3. The highest BCUT2D eigenvalue weighted by Crippen LogP contribution is 2.39. The highest BCUT2D eigenvalue weighted by Gasteiger charge is 2.12. The Labute approximate surface area is 167 Å². The Morgan fingerprint density at radius 3 is 1.25 bits per heavy atom. The Morgan fingerprint density at radius 1 is 0.571 bits per heavy atom. The summed E-state index contributed by atoms with van der Waals surface area (Å²) in [6, 6.07) is 19.6. The molecular weight excluding hydrogens is 348 g/mol. The van der Waals surface area contributed by atoms with Crippen LogP contribution in [0.5, 0.6) is 11.5 Å². The first-order chi connectivity index (χ1) is 13.3. The van der Waals surface area contributed by atoms with Gasteiger partial charge in [-0.1, -0.05) is 48.5 Å². The van der Waals surface area contributed by atoms with Crippen LogP contribution in [0.1, 0.15) is 11.1 Å². The van der Waals surface area contributed by atoms with E-state index >= 15 is 0 Å². The molecule has 3 rings (SSSR count). The molecule has 0 aliphatic rings. The maximum absolute atomic E-state index is 10.4. The minimum absolute atomic E-state index is 0.0748. The van der Waals surface area contributed by atoms with Crippen molar-refractivity contribution in [2.45, 2.75) is 13.1 Å².